The number of fused-ring (bicyclic) bond motifs is 1. The van der Waals surface area contributed by atoms with Crippen LogP contribution in [0.3, 0.4) is 0 Å². The van der Waals surface area contributed by atoms with Gasteiger partial charge in [0, 0.05) is 11.6 Å². The van der Waals surface area contributed by atoms with E-state index >= 15 is 0 Å². The largest absolute Gasteiger partial charge is 0.323 e. The Labute approximate surface area is 183 Å². The maximum absolute atomic E-state index is 12.8. The molecule has 0 saturated carbocycles. The van der Waals surface area contributed by atoms with E-state index in [0.29, 0.717) is 22.4 Å². The van der Waals surface area contributed by atoms with E-state index in [1.807, 2.05) is 0 Å². The van der Waals surface area contributed by atoms with Crippen LogP contribution < -0.4 is 4.72 Å². The van der Waals surface area contributed by atoms with E-state index < -0.39 is 20.9 Å². The number of amides is 1. The zero-order valence-corrected chi connectivity index (χ0v) is 17.7. The summed E-state index contributed by atoms with van der Waals surface area (Å²) in [6, 6.07) is 18.8. The lowest BCUT2D eigenvalue weighted by Crippen LogP contribution is -2.30. The van der Waals surface area contributed by atoms with Gasteiger partial charge >= 0.3 is 0 Å². The van der Waals surface area contributed by atoms with Crippen LogP contribution >= 0.6 is 0 Å². The first-order valence-corrected chi connectivity index (χ1v) is 11.1. The van der Waals surface area contributed by atoms with Gasteiger partial charge in [0.05, 0.1) is 27.4 Å². The van der Waals surface area contributed by atoms with Crippen molar-refractivity contribution in [2.75, 3.05) is 0 Å². The predicted octanol–water partition coefficient (Wildman–Crippen LogP) is 3.42. The summed E-state index contributed by atoms with van der Waals surface area (Å²) >= 11 is 0. The van der Waals surface area contributed by atoms with Gasteiger partial charge in [-0.05, 0) is 31.2 Å². The number of nitrogens with zero attached hydrogens (tertiary/aromatic N) is 3. The first-order chi connectivity index (χ1) is 15.3. The molecule has 3 aromatic carbocycles. The molecule has 9 nitrogen and oxygen atoms in total. The molecule has 0 radical (unpaired) electrons. The van der Waals surface area contributed by atoms with Crippen molar-refractivity contribution in [1.82, 2.24) is 14.3 Å². The maximum atomic E-state index is 12.8. The molecule has 0 aliphatic carbocycles. The van der Waals surface area contributed by atoms with Gasteiger partial charge in [-0.25, -0.2) is 18.1 Å². The van der Waals surface area contributed by atoms with Gasteiger partial charge in [-0.3, -0.25) is 14.9 Å². The van der Waals surface area contributed by atoms with Gasteiger partial charge in [0.15, 0.2) is 0 Å². The molecule has 1 aromatic heterocycles. The van der Waals surface area contributed by atoms with E-state index in [2.05, 4.69) is 9.71 Å². The molecule has 162 valence electrons. The first-order valence-electron chi connectivity index (χ1n) is 9.58. The Balaban J connectivity index is 1.72. The van der Waals surface area contributed by atoms with E-state index in [4.69, 9.17) is 0 Å². The molecule has 1 N–H and O–H groups in total. The Kier molecular flexibility index (Phi) is 5.45. The Hall–Kier alpha value is -4.05. The lowest BCUT2D eigenvalue weighted by Gasteiger charge is -2.09. The number of para-hydroxylation sites is 2. The zero-order valence-electron chi connectivity index (χ0n) is 16.9. The third kappa shape index (κ3) is 3.95. The number of rotatable bonds is 6. The fourth-order valence-corrected chi connectivity index (χ4v) is 4.46. The molecule has 0 atom stereocenters. The molecule has 0 aliphatic rings. The SMILES string of the molecule is Cc1nc2c(C(=O)NS(=O)(=O)c3ccccc3)cccc2n1Cc1ccccc1[N+](=O)[O-]. The Morgan fingerprint density at radius 2 is 1.72 bits per heavy atom. The molecule has 1 heterocycles. The van der Waals surface area contributed by atoms with Crippen LogP contribution in [0.25, 0.3) is 11.0 Å². The number of imidazole rings is 1. The summed E-state index contributed by atoms with van der Waals surface area (Å²) in [5.41, 5.74) is 1.43. The lowest BCUT2D eigenvalue weighted by molar-refractivity contribution is -0.385. The highest BCUT2D eigenvalue weighted by atomic mass is 32.2. The van der Waals surface area contributed by atoms with Crippen molar-refractivity contribution in [1.29, 1.82) is 0 Å². The molecule has 4 aromatic rings. The second-order valence-corrected chi connectivity index (χ2v) is 8.73. The smallest absolute Gasteiger partial charge is 0.274 e. The number of aromatic nitrogens is 2. The van der Waals surface area contributed by atoms with Crippen molar-refractivity contribution < 1.29 is 18.1 Å². The van der Waals surface area contributed by atoms with Crippen LogP contribution in [0.1, 0.15) is 21.7 Å². The molecule has 0 aliphatic heterocycles. The second kappa shape index (κ2) is 8.23. The topological polar surface area (TPSA) is 124 Å². The van der Waals surface area contributed by atoms with Gasteiger partial charge in [-0.2, -0.15) is 0 Å². The highest BCUT2D eigenvalue weighted by Crippen LogP contribution is 2.25. The van der Waals surface area contributed by atoms with Crippen LogP contribution in [0, 0.1) is 17.0 Å². The van der Waals surface area contributed by atoms with Crippen LogP contribution in [0.4, 0.5) is 5.69 Å². The average molecular weight is 450 g/mol. The monoisotopic (exact) mass is 450 g/mol. The van der Waals surface area contributed by atoms with Gasteiger partial charge in [-0.1, -0.05) is 42.5 Å². The molecule has 10 heteroatoms. The van der Waals surface area contributed by atoms with Gasteiger partial charge in [0.2, 0.25) is 0 Å². The average Bonchev–Trinajstić information content (AvgIpc) is 3.09. The number of benzene rings is 3. The van der Waals surface area contributed by atoms with Crippen LogP contribution in [-0.2, 0) is 16.6 Å². The van der Waals surface area contributed by atoms with Crippen molar-refractivity contribution in [2.45, 2.75) is 18.4 Å². The summed E-state index contributed by atoms with van der Waals surface area (Å²) in [4.78, 5) is 28.2. The normalized spacial score (nSPS) is 11.4. The molecule has 32 heavy (non-hydrogen) atoms. The van der Waals surface area contributed by atoms with E-state index in [0.717, 1.165) is 0 Å². The quantitative estimate of drug-likeness (QED) is 0.355. The first kappa shape index (κ1) is 21.2. The van der Waals surface area contributed by atoms with Crippen LogP contribution in [0.2, 0.25) is 0 Å². The zero-order chi connectivity index (χ0) is 22.9. The standard InChI is InChI=1S/C22H18N4O5S/c1-15-23-21-18(22(27)24-32(30,31)17-9-3-2-4-10-17)11-7-13-20(21)25(15)14-16-8-5-6-12-19(16)26(28)29/h2-13H,14H2,1H3,(H,24,27). The van der Waals surface area contributed by atoms with Crippen molar-refractivity contribution in [3.05, 3.63) is 99.9 Å². The highest BCUT2D eigenvalue weighted by Gasteiger charge is 2.22. The number of nitrogens with one attached hydrogen (secondary N) is 1. The fourth-order valence-electron chi connectivity index (χ4n) is 3.47. The third-order valence-corrected chi connectivity index (χ3v) is 6.36. The summed E-state index contributed by atoms with van der Waals surface area (Å²) < 4.78 is 28.9. The van der Waals surface area contributed by atoms with Crippen LogP contribution in [-0.4, -0.2) is 28.8 Å². The molecule has 4 rings (SSSR count). The van der Waals surface area contributed by atoms with Crippen molar-refractivity contribution in [2.24, 2.45) is 0 Å². The number of nitro benzene ring substituents is 1. The van der Waals surface area contributed by atoms with Gasteiger partial charge in [0.1, 0.15) is 11.3 Å². The van der Waals surface area contributed by atoms with Crippen LogP contribution in [0.5, 0.6) is 0 Å². The predicted molar refractivity (Wildman–Crippen MR) is 118 cm³/mol. The summed E-state index contributed by atoms with van der Waals surface area (Å²) in [5.74, 6) is -0.279. The van der Waals surface area contributed by atoms with Crippen molar-refractivity contribution >= 4 is 32.7 Å². The molecule has 0 fully saturated rings. The highest BCUT2D eigenvalue weighted by molar-refractivity contribution is 7.90. The number of hydrogen-bond donors (Lipinski definition) is 1. The van der Waals surface area contributed by atoms with Gasteiger partial charge in [-0.15, -0.1) is 0 Å². The van der Waals surface area contributed by atoms with Crippen molar-refractivity contribution in [3.63, 3.8) is 0 Å². The van der Waals surface area contributed by atoms with Gasteiger partial charge in [0.25, 0.3) is 21.6 Å². The minimum atomic E-state index is -4.05. The van der Waals surface area contributed by atoms with E-state index in [1.165, 1.54) is 24.3 Å². The molecule has 0 saturated heterocycles. The number of carbonyl (C=O) groups is 1. The summed E-state index contributed by atoms with van der Waals surface area (Å²) in [6.07, 6.45) is 0. The summed E-state index contributed by atoms with van der Waals surface area (Å²) in [6.45, 7) is 1.89. The Morgan fingerprint density at radius 3 is 2.44 bits per heavy atom. The van der Waals surface area contributed by atoms with Gasteiger partial charge < -0.3 is 4.57 Å². The van der Waals surface area contributed by atoms with E-state index in [-0.39, 0.29) is 22.7 Å². The summed E-state index contributed by atoms with van der Waals surface area (Å²) in [7, 11) is -4.05. The fraction of sp³-hybridized carbons (Fsp3) is 0.0909. The maximum Gasteiger partial charge on any atom is 0.274 e. The molecule has 0 spiro atoms. The molecule has 1 amide bonds. The second-order valence-electron chi connectivity index (χ2n) is 7.05. The molecular formula is C22H18N4O5S. The number of hydrogen-bond acceptors (Lipinski definition) is 6. The molecular weight excluding hydrogens is 432 g/mol. The summed E-state index contributed by atoms with van der Waals surface area (Å²) in [5, 5.41) is 11.4. The Morgan fingerprint density at radius 1 is 1.03 bits per heavy atom. The van der Waals surface area contributed by atoms with Crippen molar-refractivity contribution in [3.8, 4) is 0 Å². The van der Waals surface area contributed by atoms with E-state index in [1.54, 1.807) is 60.0 Å². The lowest BCUT2D eigenvalue weighted by atomic mass is 10.1. The number of nitro groups is 1. The third-order valence-electron chi connectivity index (χ3n) is 5.01. The number of carbonyl (C=O) groups excluding carboxylic acids is 1. The Bertz CT molecular complexity index is 1450. The molecule has 0 unspecified atom stereocenters. The number of aryl methyl sites for hydroxylation is 1. The molecule has 0 bridgehead atoms. The minimum Gasteiger partial charge on any atom is -0.323 e. The van der Waals surface area contributed by atoms with Crippen LogP contribution in [0.15, 0.2) is 77.7 Å². The minimum absolute atomic E-state index is 0.0170. The van der Waals surface area contributed by atoms with E-state index in [9.17, 15) is 23.3 Å². The number of sulfonamides is 1.